The van der Waals surface area contributed by atoms with Gasteiger partial charge >= 0.3 is 0 Å². The highest BCUT2D eigenvalue weighted by molar-refractivity contribution is 5.84. The SMILES string of the molecule is Cc1cccc(C[C@@]2(O)CC[C@@H]3C(=O)CC[C@@H]32)n1. The fraction of sp³-hybridized carbons (Fsp3) is 0.600. The predicted molar refractivity (Wildman–Crippen MR) is 68.1 cm³/mol. The number of hydrogen-bond donors (Lipinski definition) is 1. The first-order valence-corrected chi connectivity index (χ1v) is 6.76. The first-order valence-electron chi connectivity index (χ1n) is 6.76. The Morgan fingerprint density at radius 1 is 1.44 bits per heavy atom. The number of carbonyl (C=O) groups is 1. The molecule has 2 fully saturated rings. The van der Waals surface area contributed by atoms with Crippen molar-refractivity contribution in [3.05, 3.63) is 29.6 Å². The normalized spacial score (nSPS) is 34.9. The third kappa shape index (κ3) is 1.87. The minimum Gasteiger partial charge on any atom is -0.389 e. The number of hydrogen-bond acceptors (Lipinski definition) is 3. The lowest BCUT2D eigenvalue weighted by Gasteiger charge is -2.29. The maximum atomic E-state index is 11.7. The van der Waals surface area contributed by atoms with Crippen LogP contribution >= 0.6 is 0 Å². The number of aromatic nitrogens is 1. The van der Waals surface area contributed by atoms with Crippen molar-refractivity contribution >= 4 is 5.78 Å². The number of Topliss-reactive ketones (excluding diaryl/α,β-unsaturated/α-hetero) is 1. The Morgan fingerprint density at radius 2 is 2.28 bits per heavy atom. The van der Waals surface area contributed by atoms with Crippen LogP contribution in [-0.4, -0.2) is 21.5 Å². The van der Waals surface area contributed by atoms with Crippen molar-refractivity contribution in [2.45, 2.75) is 44.6 Å². The van der Waals surface area contributed by atoms with Gasteiger partial charge in [-0.2, -0.15) is 0 Å². The minimum absolute atomic E-state index is 0.111. The fourth-order valence-corrected chi connectivity index (χ4v) is 3.74. The molecule has 3 nitrogen and oxygen atoms in total. The number of rotatable bonds is 2. The van der Waals surface area contributed by atoms with E-state index in [2.05, 4.69) is 4.98 Å². The van der Waals surface area contributed by atoms with Gasteiger partial charge in [0.25, 0.3) is 0 Å². The first kappa shape index (κ1) is 11.8. The van der Waals surface area contributed by atoms with Gasteiger partial charge in [-0.1, -0.05) is 6.07 Å². The first-order chi connectivity index (χ1) is 8.58. The smallest absolute Gasteiger partial charge is 0.136 e. The molecule has 0 radical (unpaired) electrons. The second kappa shape index (κ2) is 4.16. The summed E-state index contributed by atoms with van der Waals surface area (Å²) < 4.78 is 0. The summed E-state index contributed by atoms with van der Waals surface area (Å²) in [6.07, 6.45) is 3.68. The van der Waals surface area contributed by atoms with Crippen LogP contribution in [0.1, 0.15) is 37.1 Å². The molecule has 0 saturated heterocycles. The molecule has 0 aliphatic heterocycles. The Hall–Kier alpha value is -1.22. The Balaban J connectivity index is 1.82. The van der Waals surface area contributed by atoms with E-state index >= 15 is 0 Å². The molecule has 2 saturated carbocycles. The predicted octanol–water partition coefficient (Wildman–Crippen LogP) is 2.05. The van der Waals surface area contributed by atoms with Gasteiger partial charge in [0.15, 0.2) is 0 Å². The molecule has 0 unspecified atom stereocenters. The van der Waals surface area contributed by atoms with Gasteiger partial charge < -0.3 is 5.11 Å². The van der Waals surface area contributed by atoms with Gasteiger partial charge in [-0.25, -0.2) is 0 Å². The van der Waals surface area contributed by atoms with E-state index in [1.807, 2.05) is 25.1 Å². The summed E-state index contributed by atoms with van der Waals surface area (Å²) in [6, 6.07) is 5.91. The number of carbonyl (C=O) groups excluding carboxylic acids is 1. The van der Waals surface area contributed by atoms with Crippen LogP contribution in [0.2, 0.25) is 0 Å². The molecular weight excluding hydrogens is 226 g/mol. The highest BCUT2D eigenvalue weighted by Gasteiger charge is 2.52. The van der Waals surface area contributed by atoms with Gasteiger partial charge in [-0.15, -0.1) is 0 Å². The molecule has 1 aromatic heterocycles. The van der Waals surface area contributed by atoms with E-state index in [9.17, 15) is 9.90 Å². The molecular formula is C15H19NO2. The molecule has 96 valence electrons. The van der Waals surface area contributed by atoms with Gasteiger partial charge in [0.1, 0.15) is 5.78 Å². The second-order valence-electron chi connectivity index (χ2n) is 5.81. The number of pyridine rings is 1. The minimum atomic E-state index is -0.711. The quantitative estimate of drug-likeness (QED) is 0.867. The topological polar surface area (TPSA) is 50.2 Å². The van der Waals surface area contributed by atoms with E-state index in [1.54, 1.807) is 0 Å². The molecule has 3 heteroatoms. The summed E-state index contributed by atoms with van der Waals surface area (Å²) in [4.78, 5) is 16.2. The lowest BCUT2D eigenvalue weighted by Crippen LogP contribution is -2.36. The van der Waals surface area contributed by atoms with Crippen molar-refractivity contribution in [1.82, 2.24) is 4.98 Å². The Morgan fingerprint density at radius 3 is 3.06 bits per heavy atom. The zero-order valence-corrected chi connectivity index (χ0v) is 10.7. The van der Waals surface area contributed by atoms with E-state index in [1.165, 1.54) is 0 Å². The van der Waals surface area contributed by atoms with Crippen LogP contribution in [-0.2, 0) is 11.2 Å². The summed E-state index contributed by atoms with van der Waals surface area (Å²) >= 11 is 0. The molecule has 2 aliphatic carbocycles. The molecule has 1 N–H and O–H groups in total. The van der Waals surface area contributed by atoms with E-state index in [-0.39, 0.29) is 11.8 Å². The maximum Gasteiger partial charge on any atom is 0.136 e. The molecule has 3 atom stereocenters. The van der Waals surface area contributed by atoms with Gasteiger partial charge in [0.05, 0.1) is 5.60 Å². The van der Waals surface area contributed by atoms with Crippen LogP contribution in [0.15, 0.2) is 18.2 Å². The highest BCUT2D eigenvalue weighted by atomic mass is 16.3. The molecule has 3 rings (SSSR count). The highest BCUT2D eigenvalue weighted by Crippen LogP contribution is 2.49. The van der Waals surface area contributed by atoms with Crippen molar-refractivity contribution in [3.63, 3.8) is 0 Å². The summed E-state index contributed by atoms with van der Waals surface area (Å²) in [7, 11) is 0. The van der Waals surface area contributed by atoms with Gasteiger partial charge in [0.2, 0.25) is 0 Å². The fourth-order valence-electron chi connectivity index (χ4n) is 3.74. The Bertz CT molecular complexity index is 485. The van der Waals surface area contributed by atoms with Crippen molar-refractivity contribution in [2.75, 3.05) is 0 Å². The molecule has 2 aliphatic rings. The van der Waals surface area contributed by atoms with Gasteiger partial charge in [-0.3, -0.25) is 9.78 Å². The van der Waals surface area contributed by atoms with E-state index in [0.29, 0.717) is 18.6 Å². The average Bonchev–Trinajstić information content (AvgIpc) is 2.83. The van der Waals surface area contributed by atoms with Crippen LogP contribution < -0.4 is 0 Å². The van der Waals surface area contributed by atoms with E-state index in [0.717, 1.165) is 30.7 Å². The lowest BCUT2D eigenvalue weighted by atomic mass is 9.84. The molecule has 1 aromatic rings. The van der Waals surface area contributed by atoms with E-state index < -0.39 is 5.60 Å². The summed E-state index contributed by atoms with van der Waals surface area (Å²) in [5.74, 6) is 0.625. The standard InChI is InChI=1S/C15H19NO2/c1-10-3-2-4-11(16-10)9-15(18)8-7-12-13(15)5-6-14(12)17/h2-4,12-13,18H,5-9H2,1H3/t12-,13-,15-/m0/s1. The van der Waals surface area contributed by atoms with Crippen molar-refractivity contribution in [1.29, 1.82) is 0 Å². The van der Waals surface area contributed by atoms with Crippen LogP contribution in [0.5, 0.6) is 0 Å². The average molecular weight is 245 g/mol. The van der Waals surface area contributed by atoms with Crippen LogP contribution in [0.3, 0.4) is 0 Å². The zero-order valence-electron chi connectivity index (χ0n) is 10.7. The van der Waals surface area contributed by atoms with Crippen molar-refractivity contribution in [2.24, 2.45) is 11.8 Å². The molecule has 18 heavy (non-hydrogen) atoms. The van der Waals surface area contributed by atoms with Crippen LogP contribution in [0.4, 0.5) is 0 Å². The number of fused-ring (bicyclic) bond motifs is 1. The third-order valence-corrected chi connectivity index (χ3v) is 4.61. The van der Waals surface area contributed by atoms with Gasteiger partial charge in [0, 0.05) is 30.1 Å². The number of aryl methyl sites for hydroxylation is 1. The van der Waals surface area contributed by atoms with Crippen LogP contribution in [0, 0.1) is 18.8 Å². The molecule has 0 aromatic carbocycles. The second-order valence-corrected chi connectivity index (χ2v) is 5.81. The molecule has 1 heterocycles. The molecule has 0 amide bonds. The van der Waals surface area contributed by atoms with Gasteiger partial charge in [-0.05, 0) is 44.2 Å². The lowest BCUT2D eigenvalue weighted by molar-refractivity contribution is -0.121. The number of nitrogens with zero attached hydrogens (tertiary/aromatic N) is 1. The Kier molecular flexibility index (Phi) is 2.74. The van der Waals surface area contributed by atoms with Crippen molar-refractivity contribution < 1.29 is 9.90 Å². The Labute approximate surface area is 107 Å². The maximum absolute atomic E-state index is 11.7. The third-order valence-electron chi connectivity index (χ3n) is 4.61. The largest absolute Gasteiger partial charge is 0.389 e. The van der Waals surface area contributed by atoms with Crippen molar-refractivity contribution in [3.8, 4) is 0 Å². The monoisotopic (exact) mass is 245 g/mol. The summed E-state index contributed by atoms with van der Waals surface area (Å²) in [6.45, 7) is 1.96. The number of ketones is 1. The summed E-state index contributed by atoms with van der Waals surface area (Å²) in [5.41, 5.74) is 1.21. The number of aliphatic hydroxyl groups is 1. The molecule has 0 bridgehead atoms. The van der Waals surface area contributed by atoms with Crippen LogP contribution in [0.25, 0.3) is 0 Å². The van der Waals surface area contributed by atoms with E-state index in [4.69, 9.17) is 0 Å². The summed E-state index contributed by atoms with van der Waals surface area (Å²) in [5, 5.41) is 10.8. The molecule has 0 spiro atoms. The zero-order chi connectivity index (χ0) is 12.8.